The van der Waals surface area contributed by atoms with Gasteiger partial charge in [-0.1, -0.05) is 54.2 Å². The summed E-state index contributed by atoms with van der Waals surface area (Å²) in [6, 6.07) is 14.9. The molecule has 0 aromatic heterocycles. The second kappa shape index (κ2) is 10.6. The first-order valence-corrected chi connectivity index (χ1v) is 13.0. The third-order valence-corrected chi connectivity index (χ3v) is 7.51. The van der Waals surface area contributed by atoms with E-state index in [1.807, 2.05) is 45.5 Å². The molecule has 190 valence electrons. The van der Waals surface area contributed by atoms with E-state index in [2.05, 4.69) is 4.99 Å². The van der Waals surface area contributed by atoms with Crippen LogP contribution in [-0.2, 0) is 20.9 Å². The Kier molecular flexibility index (Phi) is 7.09. The van der Waals surface area contributed by atoms with Gasteiger partial charge in [-0.25, -0.2) is 9.79 Å². The fourth-order valence-electron chi connectivity index (χ4n) is 4.79. The molecule has 9 nitrogen and oxygen atoms in total. The van der Waals surface area contributed by atoms with Crippen molar-refractivity contribution in [3.63, 3.8) is 0 Å². The molecule has 0 N–H and O–H groups in total. The molecule has 5 rings (SSSR count). The quantitative estimate of drug-likeness (QED) is 0.291. The molecule has 0 aliphatic carbocycles. The van der Waals surface area contributed by atoms with Gasteiger partial charge in [0.1, 0.15) is 6.61 Å². The maximum absolute atomic E-state index is 13.5. The van der Waals surface area contributed by atoms with Crippen LogP contribution in [0.15, 0.2) is 82.0 Å². The number of likely N-dealkylation sites (tertiary alicyclic amines) is 1. The van der Waals surface area contributed by atoms with E-state index in [4.69, 9.17) is 4.74 Å². The lowest BCUT2D eigenvalue weighted by molar-refractivity contribution is -0.384. The highest BCUT2D eigenvalue weighted by Crippen LogP contribution is 2.45. The van der Waals surface area contributed by atoms with Crippen LogP contribution < -0.4 is 0 Å². The summed E-state index contributed by atoms with van der Waals surface area (Å²) >= 11 is 1.38. The second-order valence-corrected chi connectivity index (χ2v) is 9.91. The molecule has 3 aliphatic heterocycles. The first kappa shape index (κ1) is 24.8. The van der Waals surface area contributed by atoms with Gasteiger partial charge in [0.2, 0.25) is 5.91 Å². The molecule has 2 aromatic rings. The number of ether oxygens (including phenoxy) is 1. The van der Waals surface area contributed by atoms with E-state index in [9.17, 15) is 19.7 Å². The molecule has 1 fully saturated rings. The van der Waals surface area contributed by atoms with Gasteiger partial charge in [-0.05, 0) is 36.3 Å². The summed E-state index contributed by atoms with van der Waals surface area (Å²) in [5.74, 6) is -0.536. The number of non-ortho nitro benzene ring substituents is 1. The SMILES string of the molecule is CC1=C(C(=O)OCc2ccccc2)C(c2cccc([N+](=O)[O-])c2)N2C(CC(=O)N3CCCC3)=CSC2=N1. The van der Waals surface area contributed by atoms with Gasteiger partial charge in [-0.3, -0.25) is 14.9 Å². The van der Waals surface area contributed by atoms with Crippen LogP contribution >= 0.6 is 11.8 Å². The van der Waals surface area contributed by atoms with Gasteiger partial charge >= 0.3 is 5.97 Å². The van der Waals surface area contributed by atoms with E-state index in [1.165, 1.54) is 23.9 Å². The van der Waals surface area contributed by atoms with E-state index in [0.717, 1.165) is 31.5 Å². The number of fused-ring (bicyclic) bond motifs is 1. The summed E-state index contributed by atoms with van der Waals surface area (Å²) in [6.45, 7) is 3.30. The van der Waals surface area contributed by atoms with E-state index < -0.39 is 16.9 Å². The fraction of sp³-hybridized carbons (Fsp3) is 0.296. The van der Waals surface area contributed by atoms with Crippen LogP contribution in [-0.4, -0.2) is 44.9 Å². The number of benzene rings is 2. The van der Waals surface area contributed by atoms with Gasteiger partial charge in [0.05, 0.1) is 28.7 Å². The van der Waals surface area contributed by atoms with Crippen molar-refractivity contribution in [3.05, 3.63) is 98.2 Å². The van der Waals surface area contributed by atoms with Crippen LogP contribution in [0.5, 0.6) is 0 Å². The van der Waals surface area contributed by atoms with Gasteiger partial charge in [-0.15, -0.1) is 0 Å². The number of nitrogens with zero attached hydrogens (tertiary/aromatic N) is 4. The van der Waals surface area contributed by atoms with E-state index in [-0.39, 0.29) is 24.6 Å². The Morgan fingerprint density at radius 3 is 2.62 bits per heavy atom. The lowest BCUT2D eigenvalue weighted by Gasteiger charge is -2.36. The van der Waals surface area contributed by atoms with Crippen molar-refractivity contribution in [1.29, 1.82) is 0 Å². The van der Waals surface area contributed by atoms with Crippen LogP contribution in [0.4, 0.5) is 5.69 Å². The van der Waals surface area contributed by atoms with Crippen LogP contribution in [0.2, 0.25) is 0 Å². The molecule has 0 radical (unpaired) electrons. The van der Waals surface area contributed by atoms with Crippen molar-refractivity contribution in [3.8, 4) is 0 Å². The summed E-state index contributed by atoms with van der Waals surface area (Å²) in [4.78, 5) is 46.0. The molecule has 1 amide bonds. The highest BCUT2D eigenvalue weighted by Gasteiger charge is 2.42. The van der Waals surface area contributed by atoms with Crippen molar-refractivity contribution >= 4 is 34.5 Å². The number of thioether (sulfide) groups is 1. The highest BCUT2D eigenvalue weighted by molar-refractivity contribution is 8.16. The number of aliphatic imine (C=N–C) groups is 1. The van der Waals surface area contributed by atoms with Gasteiger partial charge < -0.3 is 14.5 Å². The average Bonchev–Trinajstić information content (AvgIpc) is 3.58. The van der Waals surface area contributed by atoms with Gasteiger partial charge in [0.15, 0.2) is 5.17 Å². The van der Waals surface area contributed by atoms with Crippen LogP contribution in [0, 0.1) is 10.1 Å². The zero-order chi connectivity index (χ0) is 25.9. The van der Waals surface area contributed by atoms with Crippen molar-refractivity contribution in [1.82, 2.24) is 9.80 Å². The maximum atomic E-state index is 13.5. The average molecular weight is 519 g/mol. The number of esters is 1. The number of hydrogen-bond donors (Lipinski definition) is 0. The third kappa shape index (κ3) is 5.15. The lowest BCUT2D eigenvalue weighted by Crippen LogP contribution is -2.38. The zero-order valence-electron chi connectivity index (χ0n) is 20.3. The number of amides is 1. The smallest absolute Gasteiger partial charge is 0.338 e. The van der Waals surface area contributed by atoms with Crippen molar-refractivity contribution in [2.75, 3.05) is 13.1 Å². The molecule has 37 heavy (non-hydrogen) atoms. The Balaban J connectivity index is 1.50. The molecule has 0 saturated carbocycles. The van der Waals surface area contributed by atoms with Crippen molar-refractivity contribution in [2.45, 2.75) is 38.8 Å². The number of amidine groups is 1. The number of nitro benzene ring substituents is 1. The first-order valence-electron chi connectivity index (χ1n) is 12.1. The monoisotopic (exact) mass is 518 g/mol. The van der Waals surface area contributed by atoms with Crippen LogP contribution in [0.25, 0.3) is 0 Å². The number of hydrogen-bond acceptors (Lipinski definition) is 8. The molecule has 10 heteroatoms. The molecule has 3 aliphatic rings. The normalized spacial score (nSPS) is 18.9. The largest absolute Gasteiger partial charge is 0.457 e. The minimum atomic E-state index is -0.719. The standard InChI is InChI=1S/C27H26N4O5S/c1-18-24(26(33)36-16-19-8-3-2-4-9-19)25(20-10-7-11-21(14-20)31(34)35)30-22(17-37-27(30)28-18)15-23(32)29-12-5-6-13-29/h2-4,7-11,14,17,25H,5-6,12-13,15-16H2,1H3. The molecule has 2 aromatic carbocycles. The molecule has 3 heterocycles. The topological polar surface area (TPSA) is 105 Å². The lowest BCUT2D eigenvalue weighted by atomic mass is 9.93. The summed E-state index contributed by atoms with van der Waals surface area (Å²) in [6.07, 6.45) is 2.14. The van der Waals surface area contributed by atoms with Gasteiger partial charge in [-0.2, -0.15) is 0 Å². The molecule has 0 spiro atoms. The number of rotatable bonds is 7. The number of carbonyl (C=O) groups is 2. The van der Waals surface area contributed by atoms with Crippen molar-refractivity contribution < 1.29 is 19.2 Å². The maximum Gasteiger partial charge on any atom is 0.338 e. The first-order chi connectivity index (χ1) is 17.9. The summed E-state index contributed by atoms with van der Waals surface area (Å²) in [5, 5.41) is 14.1. The minimum absolute atomic E-state index is 0.0165. The Hall–Kier alpha value is -3.92. The minimum Gasteiger partial charge on any atom is -0.457 e. The summed E-state index contributed by atoms with van der Waals surface area (Å²) in [7, 11) is 0. The van der Waals surface area contributed by atoms with Gasteiger partial charge in [0.25, 0.3) is 5.69 Å². The second-order valence-electron chi connectivity index (χ2n) is 9.07. The van der Waals surface area contributed by atoms with E-state index in [1.54, 1.807) is 19.1 Å². The number of allylic oxidation sites excluding steroid dienone is 1. The van der Waals surface area contributed by atoms with Crippen LogP contribution in [0.1, 0.15) is 43.4 Å². The Bertz CT molecular complexity index is 1330. The molecular formula is C27H26N4O5S. The molecular weight excluding hydrogens is 492 g/mol. The molecule has 1 atom stereocenters. The molecule has 1 unspecified atom stereocenters. The van der Waals surface area contributed by atoms with Crippen molar-refractivity contribution in [2.24, 2.45) is 4.99 Å². The Morgan fingerprint density at radius 2 is 1.89 bits per heavy atom. The molecule has 0 bridgehead atoms. The fourth-order valence-corrected chi connectivity index (χ4v) is 5.75. The highest BCUT2D eigenvalue weighted by atomic mass is 32.2. The predicted octanol–water partition coefficient (Wildman–Crippen LogP) is 4.93. The predicted molar refractivity (Wildman–Crippen MR) is 140 cm³/mol. The summed E-state index contributed by atoms with van der Waals surface area (Å²) in [5.41, 5.74) is 2.79. The molecule has 1 saturated heterocycles. The third-order valence-electron chi connectivity index (χ3n) is 6.62. The van der Waals surface area contributed by atoms with Crippen LogP contribution in [0.3, 0.4) is 0 Å². The van der Waals surface area contributed by atoms with E-state index >= 15 is 0 Å². The summed E-state index contributed by atoms with van der Waals surface area (Å²) < 4.78 is 5.69. The Labute approximate surface area is 218 Å². The van der Waals surface area contributed by atoms with E-state index in [0.29, 0.717) is 27.7 Å². The number of nitro groups is 1. The zero-order valence-corrected chi connectivity index (χ0v) is 21.1. The van der Waals surface area contributed by atoms with Gasteiger partial charge in [0, 0.05) is 30.9 Å². The number of carbonyl (C=O) groups excluding carboxylic acids is 2. The Morgan fingerprint density at radius 1 is 1.14 bits per heavy atom.